The molecule has 1 saturated carbocycles. The van der Waals surface area contributed by atoms with Gasteiger partial charge >= 0.3 is 0 Å². The number of nitrogens with one attached hydrogen (secondary N) is 1. The minimum atomic E-state index is -3.56. The summed E-state index contributed by atoms with van der Waals surface area (Å²) in [6, 6.07) is 1.97. The van der Waals surface area contributed by atoms with Gasteiger partial charge in [0.05, 0.1) is 11.1 Å². The van der Waals surface area contributed by atoms with E-state index in [9.17, 15) is 8.42 Å². The summed E-state index contributed by atoms with van der Waals surface area (Å²) in [6.45, 7) is 7.66. The predicted molar refractivity (Wildman–Crippen MR) is 104 cm³/mol. The van der Waals surface area contributed by atoms with Crippen LogP contribution >= 0.6 is 0 Å². The van der Waals surface area contributed by atoms with E-state index in [2.05, 4.69) is 14.7 Å². The van der Waals surface area contributed by atoms with Crippen LogP contribution in [0.4, 0.5) is 0 Å². The van der Waals surface area contributed by atoms with E-state index in [1.807, 2.05) is 33.8 Å². The highest BCUT2D eigenvalue weighted by molar-refractivity contribution is 7.89. The Balaban J connectivity index is 1.67. The Kier molecular flexibility index (Phi) is 5.81. The molecule has 0 aliphatic heterocycles. The first kappa shape index (κ1) is 19.8. The number of hydrogen-bond donors (Lipinski definition) is 1. The zero-order valence-corrected chi connectivity index (χ0v) is 17.1. The number of benzene rings is 1. The smallest absolute Gasteiger partial charge is 0.241 e. The van der Waals surface area contributed by atoms with Gasteiger partial charge in [-0.2, -0.15) is 0 Å². The van der Waals surface area contributed by atoms with Crippen molar-refractivity contribution in [3.8, 4) is 5.88 Å². The molecule has 0 atom stereocenters. The number of aryl methyl sites for hydroxylation is 2. The Labute approximate surface area is 161 Å². The van der Waals surface area contributed by atoms with Gasteiger partial charge in [-0.15, -0.1) is 0 Å². The van der Waals surface area contributed by atoms with Gasteiger partial charge in [-0.05, 0) is 75.6 Å². The normalized spacial score (nSPS) is 20.4. The molecule has 0 amide bonds. The van der Waals surface area contributed by atoms with Crippen LogP contribution in [0.1, 0.15) is 47.9 Å². The van der Waals surface area contributed by atoms with Crippen molar-refractivity contribution >= 4 is 10.0 Å². The average molecular weight is 390 g/mol. The monoisotopic (exact) mass is 389 g/mol. The Hall–Kier alpha value is -1.99. The quantitative estimate of drug-likeness (QED) is 0.848. The second kappa shape index (κ2) is 7.94. The van der Waals surface area contributed by atoms with Gasteiger partial charge in [-0.25, -0.2) is 18.1 Å². The van der Waals surface area contributed by atoms with E-state index in [1.54, 1.807) is 18.6 Å². The highest BCUT2D eigenvalue weighted by atomic mass is 32.2. The highest BCUT2D eigenvalue weighted by Gasteiger charge is 2.29. The van der Waals surface area contributed by atoms with Crippen LogP contribution in [0.3, 0.4) is 0 Å². The highest BCUT2D eigenvalue weighted by Crippen LogP contribution is 2.28. The lowest BCUT2D eigenvalue weighted by Gasteiger charge is -2.29. The fourth-order valence-electron chi connectivity index (χ4n) is 3.68. The van der Waals surface area contributed by atoms with E-state index >= 15 is 0 Å². The van der Waals surface area contributed by atoms with Crippen LogP contribution in [-0.4, -0.2) is 30.5 Å². The SMILES string of the molecule is Cc1cc(C)c(C)c(S(=O)(=O)NC2CCC(Oc3cnccn3)CC2)c1C. The molecular weight excluding hydrogens is 362 g/mol. The minimum absolute atomic E-state index is 0.0483. The first-order chi connectivity index (χ1) is 12.8. The fraction of sp³-hybridized carbons (Fsp3) is 0.500. The molecule has 0 unspecified atom stereocenters. The van der Waals surface area contributed by atoms with Crippen LogP contribution in [0.25, 0.3) is 0 Å². The topological polar surface area (TPSA) is 81.2 Å². The molecule has 0 spiro atoms. The first-order valence-electron chi connectivity index (χ1n) is 9.30. The number of aromatic nitrogens is 2. The summed E-state index contributed by atoms with van der Waals surface area (Å²) in [7, 11) is -3.56. The summed E-state index contributed by atoms with van der Waals surface area (Å²) >= 11 is 0. The van der Waals surface area contributed by atoms with E-state index in [1.165, 1.54) is 0 Å². The number of rotatable bonds is 5. The van der Waals surface area contributed by atoms with Crippen molar-refractivity contribution in [1.82, 2.24) is 14.7 Å². The Morgan fingerprint density at radius 3 is 2.19 bits per heavy atom. The van der Waals surface area contributed by atoms with Crippen LogP contribution in [0.15, 0.2) is 29.6 Å². The molecule has 0 saturated heterocycles. The summed E-state index contributed by atoms with van der Waals surface area (Å²) in [5.41, 5.74) is 3.65. The Bertz CT molecular complexity index is 880. The molecule has 6 nitrogen and oxygen atoms in total. The van der Waals surface area contributed by atoms with Crippen LogP contribution in [0.2, 0.25) is 0 Å². The minimum Gasteiger partial charge on any atom is -0.473 e. The van der Waals surface area contributed by atoms with Gasteiger partial charge in [0.1, 0.15) is 6.10 Å². The molecular formula is C20H27N3O3S. The Morgan fingerprint density at radius 2 is 1.63 bits per heavy atom. The van der Waals surface area contributed by atoms with Gasteiger partial charge in [-0.3, -0.25) is 4.98 Å². The van der Waals surface area contributed by atoms with Gasteiger partial charge in [0.2, 0.25) is 15.9 Å². The predicted octanol–water partition coefficient (Wildman–Crippen LogP) is 3.38. The van der Waals surface area contributed by atoms with Gasteiger partial charge in [0.15, 0.2) is 0 Å². The second-order valence-corrected chi connectivity index (χ2v) is 9.00. The van der Waals surface area contributed by atoms with Gasteiger partial charge in [0, 0.05) is 18.4 Å². The molecule has 3 rings (SSSR count). The first-order valence-corrected chi connectivity index (χ1v) is 10.8. The lowest BCUT2D eigenvalue weighted by molar-refractivity contribution is 0.138. The third-order valence-corrected chi connectivity index (χ3v) is 7.18. The largest absolute Gasteiger partial charge is 0.473 e. The number of ether oxygens (including phenoxy) is 1. The van der Waals surface area contributed by atoms with Crippen molar-refractivity contribution in [2.45, 2.75) is 70.4 Å². The molecule has 1 aromatic heterocycles. The maximum Gasteiger partial charge on any atom is 0.241 e. The summed E-state index contributed by atoms with van der Waals surface area (Å²) < 4.78 is 34.9. The second-order valence-electron chi connectivity index (χ2n) is 7.35. The standard InChI is InChI=1S/C20H27N3O3S/c1-13-11-14(2)16(4)20(15(13)3)27(24,25)23-17-5-7-18(8-6-17)26-19-12-21-9-10-22-19/h9-12,17-18,23H,5-8H2,1-4H3. The van der Waals surface area contributed by atoms with Crippen molar-refractivity contribution in [2.75, 3.05) is 0 Å². The molecule has 1 fully saturated rings. The lowest BCUT2D eigenvalue weighted by atomic mass is 9.94. The summed E-state index contributed by atoms with van der Waals surface area (Å²) in [5, 5.41) is 0. The van der Waals surface area contributed by atoms with Crippen LogP contribution < -0.4 is 9.46 Å². The molecule has 1 aromatic carbocycles. The molecule has 1 aliphatic rings. The van der Waals surface area contributed by atoms with Crippen molar-refractivity contribution in [3.05, 3.63) is 46.9 Å². The van der Waals surface area contributed by atoms with Gasteiger partial charge < -0.3 is 4.74 Å². The number of nitrogens with zero attached hydrogens (tertiary/aromatic N) is 2. The molecule has 0 bridgehead atoms. The van der Waals surface area contributed by atoms with E-state index < -0.39 is 10.0 Å². The molecule has 27 heavy (non-hydrogen) atoms. The zero-order chi connectivity index (χ0) is 19.6. The van der Waals surface area contributed by atoms with E-state index in [0.717, 1.165) is 47.9 Å². The molecule has 2 aromatic rings. The Morgan fingerprint density at radius 1 is 1.00 bits per heavy atom. The maximum absolute atomic E-state index is 13.1. The van der Waals surface area contributed by atoms with Gasteiger partial charge in [-0.1, -0.05) is 6.07 Å². The number of hydrogen-bond acceptors (Lipinski definition) is 5. The average Bonchev–Trinajstić information content (AvgIpc) is 2.62. The van der Waals surface area contributed by atoms with E-state index in [0.29, 0.717) is 10.8 Å². The molecule has 7 heteroatoms. The molecule has 1 heterocycles. The van der Waals surface area contributed by atoms with Crippen molar-refractivity contribution in [3.63, 3.8) is 0 Å². The number of sulfonamides is 1. The van der Waals surface area contributed by atoms with E-state index in [-0.39, 0.29) is 12.1 Å². The van der Waals surface area contributed by atoms with Gasteiger partial charge in [0.25, 0.3) is 0 Å². The zero-order valence-electron chi connectivity index (χ0n) is 16.3. The van der Waals surface area contributed by atoms with Crippen molar-refractivity contribution < 1.29 is 13.2 Å². The maximum atomic E-state index is 13.1. The third-order valence-electron chi connectivity index (χ3n) is 5.39. The van der Waals surface area contributed by atoms with Crippen LogP contribution in [0.5, 0.6) is 5.88 Å². The molecule has 1 N–H and O–H groups in total. The molecule has 0 radical (unpaired) electrons. The van der Waals surface area contributed by atoms with E-state index in [4.69, 9.17) is 4.74 Å². The van der Waals surface area contributed by atoms with Crippen LogP contribution in [0, 0.1) is 27.7 Å². The summed E-state index contributed by atoms with van der Waals surface area (Å²) in [6.07, 6.45) is 7.91. The van der Waals surface area contributed by atoms with Crippen molar-refractivity contribution in [1.29, 1.82) is 0 Å². The lowest BCUT2D eigenvalue weighted by Crippen LogP contribution is -2.40. The fourth-order valence-corrected chi connectivity index (χ4v) is 5.60. The summed E-state index contributed by atoms with van der Waals surface area (Å²) in [5.74, 6) is 0.517. The summed E-state index contributed by atoms with van der Waals surface area (Å²) in [4.78, 5) is 8.56. The molecule has 146 valence electrons. The molecule has 1 aliphatic carbocycles. The third kappa shape index (κ3) is 4.47. The van der Waals surface area contributed by atoms with Crippen LogP contribution in [-0.2, 0) is 10.0 Å². The van der Waals surface area contributed by atoms with Crippen molar-refractivity contribution in [2.24, 2.45) is 0 Å².